The Labute approximate surface area is 113 Å². The number of rotatable bonds is 9. The minimum atomic E-state index is -0.269. The quantitative estimate of drug-likeness (QED) is 0.547. The molecule has 0 saturated carbocycles. The lowest BCUT2D eigenvalue weighted by Crippen LogP contribution is -2.15. The van der Waals surface area contributed by atoms with Crippen molar-refractivity contribution >= 4 is 11.6 Å². The molecule has 0 aliphatic carbocycles. The van der Waals surface area contributed by atoms with Gasteiger partial charge in [0.05, 0.1) is 7.11 Å². The summed E-state index contributed by atoms with van der Waals surface area (Å²) in [4.78, 5) is 0. The van der Waals surface area contributed by atoms with E-state index in [0.29, 0.717) is 17.9 Å². The molecule has 2 nitrogen and oxygen atoms in total. The average molecular weight is 274 g/mol. The lowest BCUT2D eigenvalue weighted by atomic mass is 10.2. The molecule has 0 aromatic heterocycles. The van der Waals surface area contributed by atoms with E-state index in [9.17, 15) is 4.39 Å². The minimum Gasteiger partial charge on any atom is -0.494 e. The van der Waals surface area contributed by atoms with Gasteiger partial charge in [-0.3, -0.25) is 0 Å². The summed E-state index contributed by atoms with van der Waals surface area (Å²) >= 11 is 5.60. The Hall–Kier alpha value is -0.800. The van der Waals surface area contributed by atoms with Crippen molar-refractivity contribution in [1.29, 1.82) is 0 Å². The topological polar surface area (TPSA) is 21.3 Å². The number of hydrogen-bond donors (Lipinski definition) is 1. The van der Waals surface area contributed by atoms with Gasteiger partial charge in [-0.15, -0.1) is 11.6 Å². The van der Waals surface area contributed by atoms with Crippen LogP contribution in [0.25, 0.3) is 0 Å². The third kappa shape index (κ3) is 5.23. The second-order valence-corrected chi connectivity index (χ2v) is 4.59. The van der Waals surface area contributed by atoms with Crippen molar-refractivity contribution in [2.75, 3.05) is 19.5 Å². The fourth-order valence-electron chi connectivity index (χ4n) is 1.77. The van der Waals surface area contributed by atoms with Crippen molar-refractivity contribution < 1.29 is 9.13 Å². The highest BCUT2D eigenvalue weighted by molar-refractivity contribution is 6.17. The summed E-state index contributed by atoms with van der Waals surface area (Å²) in [5.41, 5.74) is 0.648. The summed E-state index contributed by atoms with van der Waals surface area (Å²) in [5.74, 6) is 0.772. The highest BCUT2D eigenvalue weighted by atomic mass is 35.5. The molecule has 1 rings (SSSR count). The van der Waals surface area contributed by atoms with Gasteiger partial charge in [0.2, 0.25) is 0 Å². The first-order valence-electron chi connectivity index (χ1n) is 6.37. The number of methoxy groups -OCH3 is 1. The first-order chi connectivity index (χ1) is 8.79. The van der Waals surface area contributed by atoms with Crippen LogP contribution >= 0.6 is 11.6 Å². The molecule has 0 aliphatic heterocycles. The predicted molar refractivity (Wildman–Crippen MR) is 73.8 cm³/mol. The molecule has 0 saturated heterocycles. The van der Waals surface area contributed by atoms with Gasteiger partial charge in [-0.25, -0.2) is 4.39 Å². The van der Waals surface area contributed by atoms with E-state index < -0.39 is 0 Å². The lowest BCUT2D eigenvalue weighted by Gasteiger charge is -2.08. The van der Waals surface area contributed by atoms with Crippen LogP contribution in [0.4, 0.5) is 4.39 Å². The van der Waals surface area contributed by atoms with E-state index in [1.54, 1.807) is 18.2 Å². The summed E-state index contributed by atoms with van der Waals surface area (Å²) in [7, 11) is 1.48. The van der Waals surface area contributed by atoms with Crippen molar-refractivity contribution in [3.63, 3.8) is 0 Å². The van der Waals surface area contributed by atoms with Gasteiger partial charge in [-0.2, -0.15) is 0 Å². The van der Waals surface area contributed by atoms with E-state index in [-0.39, 0.29) is 5.82 Å². The van der Waals surface area contributed by atoms with Gasteiger partial charge in [0.15, 0.2) is 11.6 Å². The molecule has 4 heteroatoms. The standard InChI is InChI=1S/C14H21ClFNO/c1-18-13-8-6-7-12(14(13)16)11-17-10-5-3-2-4-9-15/h6-8,17H,2-5,9-11H2,1H3. The zero-order valence-corrected chi connectivity index (χ0v) is 11.6. The maximum absolute atomic E-state index is 13.8. The summed E-state index contributed by atoms with van der Waals surface area (Å²) < 4.78 is 18.7. The van der Waals surface area contributed by atoms with Crippen molar-refractivity contribution in [2.24, 2.45) is 0 Å². The maximum Gasteiger partial charge on any atom is 0.169 e. The summed E-state index contributed by atoms with van der Waals surface area (Å²) in [6.45, 7) is 1.44. The van der Waals surface area contributed by atoms with E-state index in [1.165, 1.54) is 20.0 Å². The third-order valence-corrected chi connectivity index (χ3v) is 3.08. The molecule has 0 amide bonds. The average Bonchev–Trinajstić information content (AvgIpc) is 2.39. The zero-order valence-electron chi connectivity index (χ0n) is 10.8. The Balaban J connectivity index is 2.23. The molecule has 1 aromatic rings. The molecule has 0 spiro atoms. The number of nitrogens with one attached hydrogen (secondary N) is 1. The fourth-order valence-corrected chi connectivity index (χ4v) is 1.96. The number of halogens is 2. The second-order valence-electron chi connectivity index (χ2n) is 4.21. The van der Waals surface area contributed by atoms with Crippen LogP contribution in [0, 0.1) is 5.82 Å². The van der Waals surface area contributed by atoms with Crippen molar-refractivity contribution in [3.05, 3.63) is 29.6 Å². The Morgan fingerprint density at radius 2 is 2.00 bits per heavy atom. The van der Waals surface area contributed by atoms with Gasteiger partial charge in [0.25, 0.3) is 0 Å². The Morgan fingerprint density at radius 1 is 1.22 bits per heavy atom. The molecule has 0 fully saturated rings. The van der Waals surface area contributed by atoms with Gasteiger partial charge >= 0.3 is 0 Å². The Kier molecular flexibility index (Phi) is 7.78. The van der Waals surface area contributed by atoms with Crippen molar-refractivity contribution in [3.8, 4) is 5.75 Å². The van der Waals surface area contributed by atoms with E-state index >= 15 is 0 Å². The predicted octanol–water partition coefficient (Wildman–Crippen LogP) is 3.72. The molecule has 1 N–H and O–H groups in total. The van der Waals surface area contributed by atoms with Crippen LogP contribution in [0.15, 0.2) is 18.2 Å². The van der Waals surface area contributed by atoms with Crippen LogP contribution in [0.1, 0.15) is 31.2 Å². The van der Waals surface area contributed by atoms with E-state index in [2.05, 4.69) is 5.32 Å². The molecule has 1 aromatic carbocycles. The highest BCUT2D eigenvalue weighted by Crippen LogP contribution is 2.19. The van der Waals surface area contributed by atoms with E-state index in [4.69, 9.17) is 16.3 Å². The SMILES string of the molecule is COc1cccc(CNCCCCCCCl)c1F. The Bertz CT molecular complexity index is 347. The molecule has 0 radical (unpaired) electrons. The van der Waals surface area contributed by atoms with Gasteiger partial charge in [-0.1, -0.05) is 25.0 Å². The summed E-state index contributed by atoms with van der Waals surface area (Å²) in [6.07, 6.45) is 4.51. The number of benzene rings is 1. The van der Waals surface area contributed by atoms with Crippen LogP contribution in [-0.2, 0) is 6.54 Å². The smallest absolute Gasteiger partial charge is 0.169 e. The minimum absolute atomic E-state index is 0.269. The van der Waals surface area contributed by atoms with Crippen LogP contribution in [0.5, 0.6) is 5.75 Å². The first kappa shape index (κ1) is 15.3. The Morgan fingerprint density at radius 3 is 2.72 bits per heavy atom. The van der Waals surface area contributed by atoms with Gasteiger partial charge < -0.3 is 10.1 Å². The van der Waals surface area contributed by atoms with E-state index in [0.717, 1.165) is 25.3 Å². The zero-order chi connectivity index (χ0) is 13.2. The molecule has 0 unspecified atom stereocenters. The van der Waals surface area contributed by atoms with Crippen LogP contribution < -0.4 is 10.1 Å². The molecular weight excluding hydrogens is 253 g/mol. The molecule has 0 heterocycles. The number of unbranched alkanes of at least 4 members (excludes halogenated alkanes) is 3. The second kappa shape index (κ2) is 9.17. The molecular formula is C14H21ClFNO. The van der Waals surface area contributed by atoms with Crippen LogP contribution in [0.3, 0.4) is 0 Å². The normalized spacial score (nSPS) is 10.6. The fraction of sp³-hybridized carbons (Fsp3) is 0.571. The van der Waals surface area contributed by atoms with Gasteiger partial charge in [0.1, 0.15) is 0 Å². The molecule has 0 bridgehead atoms. The maximum atomic E-state index is 13.8. The first-order valence-corrected chi connectivity index (χ1v) is 6.91. The number of hydrogen-bond acceptors (Lipinski definition) is 2. The van der Waals surface area contributed by atoms with Crippen molar-refractivity contribution in [2.45, 2.75) is 32.2 Å². The van der Waals surface area contributed by atoms with Gasteiger partial charge in [0, 0.05) is 18.0 Å². The summed E-state index contributed by atoms with van der Waals surface area (Å²) in [6, 6.07) is 5.21. The molecule has 0 aliphatic rings. The third-order valence-electron chi connectivity index (χ3n) is 2.82. The van der Waals surface area contributed by atoms with Crippen LogP contribution in [0.2, 0.25) is 0 Å². The number of ether oxygens (including phenoxy) is 1. The molecule has 102 valence electrons. The number of alkyl halides is 1. The monoisotopic (exact) mass is 273 g/mol. The highest BCUT2D eigenvalue weighted by Gasteiger charge is 2.07. The van der Waals surface area contributed by atoms with E-state index in [1.807, 2.05) is 0 Å². The summed E-state index contributed by atoms with van der Waals surface area (Å²) in [5, 5.41) is 3.24. The lowest BCUT2D eigenvalue weighted by molar-refractivity contribution is 0.383. The molecule has 0 atom stereocenters. The van der Waals surface area contributed by atoms with Crippen molar-refractivity contribution in [1.82, 2.24) is 5.32 Å². The molecule has 18 heavy (non-hydrogen) atoms. The van der Waals surface area contributed by atoms with Crippen LogP contribution in [-0.4, -0.2) is 19.5 Å². The largest absolute Gasteiger partial charge is 0.494 e. The van der Waals surface area contributed by atoms with Gasteiger partial charge in [-0.05, 0) is 25.5 Å².